The summed E-state index contributed by atoms with van der Waals surface area (Å²) in [5.74, 6) is -0.560. The Hall–Kier alpha value is -2.65. The topological polar surface area (TPSA) is 98.8 Å². The third-order valence-electron chi connectivity index (χ3n) is 5.40. The van der Waals surface area contributed by atoms with Crippen LogP contribution in [0.1, 0.15) is 10.4 Å². The van der Waals surface area contributed by atoms with Crippen LogP contribution in [0.2, 0.25) is 35.7 Å². The van der Waals surface area contributed by atoms with Gasteiger partial charge in [0.2, 0.25) is 0 Å². The lowest BCUT2D eigenvalue weighted by Gasteiger charge is -2.19. The third kappa shape index (κ3) is 4.99. The van der Waals surface area contributed by atoms with Gasteiger partial charge in [-0.1, -0.05) is 42.8 Å². The van der Waals surface area contributed by atoms with Gasteiger partial charge < -0.3 is 15.0 Å². The Balaban J connectivity index is 1.90. The molecule has 0 aliphatic heterocycles. The molecule has 4 aromatic rings. The van der Waals surface area contributed by atoms with Crippen molar-refractivity contribution in [3.8, 4) is 22.5 Å². The molecule has 33 heavy (non-hydrogen) atoms. The van der Waals surface area contributed by atoms with Gasteiger partial charge in [0.15, 0.2) is 5.65 Å². The molecule has 0 bridgehead atoms. The van der Waals surface area contributed by atoms with Crippen molar-refractivity contribution in [2.75, 3.05) is 6.61 Å². The number of carbonyl (C=O) groups is 1. The molecule has 1 aromatic carbocycles. The van der Waals surface area contributed by atoms with Crippen LogP contribution in [0.15, 0.2) is 42.7 Å². The number of nitrogens with zero attached hydrogens (tertiary/aromatic N) is 3. The van der Waals surface area contributed by atoms with Crippen molar-refractivity contribution in [2.45, 2.75) is 32.4 Å². The molecule has 10 heteroatoms. The zero-order valence-electron chi connectivity index (χ0n) is 18.7. The Morgan fingerprint density at radius 2 is 1.97 bits per heavy atom. The summed E-state index contributed by atoms with van der Waals surface area (Å²) < 4.78 is 8.04. The van der Waals surface area contributed by atoms with Crippen molar-refractivity contribution in [2.24, 2.45) is 5.73 Å². The summed E-state index contributed by atoms with van der Waals surface area (Å²) >= 11 is 12.7. The quantitative estimate of drug-likeness (QED) is 0.235. The van der Waals surface area contributed by atoms with Crippen molar-refractivity contribution >= 4 is 48.2 Å². The molecular weight excluding hydrogens is 477 g/mol. The van der Waals surface area contributed by atoms with Crippen LogP contribution < -0.4 is 5.73 Å². The number of fused-ring (bicyclic) bond motifs is 1. The van der Waals surface area contributed by atoms with E-state index in [0.29, 0.717) is 39.1 Å². The van der Waals surface area contributed by atoms with E-state index in [1.54, 1.807) is 36.7 Å². The highest BCUT2D eigenvalue weighted by molar-refractivity contribution is 6.76. The Morgan fingerprint density at radius 1 is 1.18 bits per heavy atom. The van der Waals surface area contributed by atoms with Gasteiger partial charge in [0.05, 0.1) is 28.2 Å². The first-order chi connectivity index (χ1) is 15.7. The third-order valence-corrected chi connectivity index (χ3v) is 7.65. The fraction of sp³-hybridized carbons (Fsp3) is 0.261. The molecular formula is C23H25Cl2N5O2Si. The molecule has 4 rings (SSSR count). The summed E-state index contributed by atoms with van der Waals surface area (Å²) in [6.45, 7) is 7.74. The van der Waals surface area contributed by atoms with E-state index in [1.807, 2.05) is 10.6 Å². The summed E-state index contributed by atoms with van der Waals surface area (Å²) in [4.78, 5) is 16.8. The lowest BCUT2D eigenvalue weighted by Crippen LogP contribution is -2.22. The molecule has 7 nitrogen and oxygen atoms in total. The van der Waals surface area contributed by atoms with Gasteiger partial charge in [-0.15, -0.1) is 0 Å². The molecule has 172 valence electrons. The molecule has 0 saturated carbocycles. The van der Waals surface area contributed by atoms with Crippen molar-refractivity contribution in [3.63, 3.8) is 0 Å². The van der Waals surface area contributed by atoms with Crippen molar-refractivity contribution in [1.82, 2.24) is 19.7 Å². The lowest BCUT2D eigenvalue weighted by atomic mass is 10.1. The van der Waals surface area contributed by atoms with Gasteiger partial charge in [0.25, 0.3) is 5.91 Å². The minimum absolute atomic E-state index is 0.225. The Bertz CT molecular complexity index is 1330. The summed E-state index contributed by atoms with van der Waals surface area (Å²) in [6, 6.07) is 9.83. The number of primary amides is 1. The zero-order chi connectivity index (χ0) is 23.8. The van der Waals surface area contributed by atoms with E-state index in [4.69, 9.17) is 33.7 Å². The second kappa shape index (κ2) is 9.30. The fourth-order valence-corrected chi connectivity index (χ4v) is 4.93. The van der Waals surface area contributed by atoms with Crippen molar-refractivity contribution in [1.29, 1.82) is 0 Å². The second-order valence-electron chi connectivity index (χ2n) is 9.05. The maximum atomic E-state index is 12.5. The number of pyridine rings is 1. The number of halogens is 2. The van der Waals surface area contributed by atoms with Gasteiger partial charge in [-0.3, -0.25) is 9.89 Å². The fourth-order valence-electron chi connectivity index (χ4n) is 3.67. The Kier molecular flexibility index (Phi) is 6.63. The van der Waals surface area contributed by atoms with Crippen LogP contribution in [0, 0.1) is 0 Å². The molecule has 0 spiro atoms. The predicted molar refractivity (Wildman–Crippen MR) is 135 cm³/mol. The molecule has 0 aliphatic carbocycles. The van der Waals surface area contributed by atoms with Crippen LogP contribution in [0.4, 0.5) is 0 Å². The largest absolute Gasteiger partial charge is 0.366 e. The number of nitrogens with one attached hydrogen (secondary N) is 1. The number of ether oxygens (including phenoxy) is 1. The standard InChI is InChI=1S/C23H25Cl2N5O2Si/c1-33(2,3)9-8-32-13-30-20(15-6-7-27-23-18(15)12-28-29-23)11-17(22(26)31)21(30)16-5-4-14(24)10-19(16)25/h4-7,10-12H,8-9,13H2,1-3H3,(H2,26,31)(H,27,28,29). The smallest absolute Gasteiger partial charge is 0.250 e. The number of benzene rings is 1. The average molecular weight is 502 g/mol. The molecule has 0 atom stereocenters. The number of nitrogens with two attached hydrogens (primary N) is 1. The van der Waals surface area contributed by atoms with Crippen LogP contribution in [0.3, 0.4) is 0 Å². The molecule has 0 fully saturated rings. The van der Waals surface area contributed by atoms with E-state index in [9.17, 15) is 4.79 Å². The minimum atomic E-state index is -1.27. The van der Waals surface area contributed by atoms with Gasteiger partial charge in [-0.25, -0.2) is 4.98 Å². The number of carbonyl (C=O) groups excluding carboxylic acids is 1. The summed E-state index contributed by atoms with van der Waals surface area (Å²) in [5.41, 5.74) is 9.63. The van der Waals surface area contributed by atoms with E-state index in [0.717, 1.165) is 22.7 Å². The predicted octanol–water partition coefficient (Wildman–Crippen LogP) is 5.81. The lowest BCUT2D eigenvalue weighted by molar-refractivity contribution is 0.0893. The summed E-state index contributed by atoms with van der Waals surface area (Å²) in [6.07, 6.45) is 3.40. The van der Waals surface area contributed by atoms with Crippen LogP contribution in [0.5, 0.6) is 0 Å². The van der Waals surface area contributed by atoms with Crippen molar-refractivity contribution < 1.29 is 9.53 Å². The normalized spacial score (nSPS) is 11.9. The van der Waals surface area contributed by atoms with E-state index in [1.165, 1.54) is 0 Å². The van der Waals surface area contributed by atoms with Gasteiger partial charge in [0.1, 0.15) is 6.73 Å². The number of hydrogen-bond acceptors (Lipinski definition) is 4. The zero-order valence-corrected chi connectivity index (χ0v) is 21.2. The average Bonchev–Trinajstić information content (AvgIpc) is 3.35. The number of hydrogen-bond donors (Lipinski definition) is 2. The number of aromatic amines is 1. The first kappa shape index (κ1) is 23.5. The monoisotopic (exact) mass is 501 g/mol. The Labute approximate surface area is 202 Å². The van der Waals surface area contributed by atoms with Gasteiger partial charge in [-0.05, 0) is 36.4 Å². The van der Waals surface area contributed by atoms with Crippen LogP contribution in [-0.4, -0.2) is 40.3 Å². The van der Waals surface area contributed by atoms with E-state index < -0.39 is 14.0 Å². The first-order valence-electron chi connectivity index (χ1n) is 10.5. The van der Waals surface area contributed by atoms with Crippen LogP contribution in [0.25, 0.3) is 33.5 Å². The maximum Gasteiger partial charge on any atom is 0.250 e. The Morgan fingerprint density at radius 3 is 2.67 bits per heavy atom. The number of H-pyrrole nitrogens is 1. The van der Waals surface area contributed by atoms with Crippen LogP contribution in [-0.2, 0) is 11.5 Å². The van der Waals surface area contributed by atoms with Gasteiger partial charge >= 0.3 is 0 Å². The molecule has 0 unspecified atom stereocenters. The number of amides is 1. The number of aromatic nitrogens is 4. The maximum absolute atomic E-state index is 12.5. The molecule has 3 aromatic heterocycles. The SMILES string of the molecule is C[Si](C)(C)CCOCn1c(-c2ccnc3[nH]ncc23)cc(C(N)=O)c1-c1ccc(Cl)cc1Cl. The minimum Gasteiger partial charge on any atom is -0.366 e. The van der Waals surface area contributed by atoms with Crippen LogP contribution >= 0.6 is 23.2 Å². The van der Waals surface area contributed by atoms with E-state index in [2.05, 4.69) is 34.8 Å². The highest BCUT2D eigenvalue weighted by Gasteiger charge is 2.24. The van der Waals surface area contributed by atoms with Gasteiger partial charge in [-0.2, -0.15) is 5.10 Å². The first-order valence-corrected chi connectivity index (χ1v) is 15.0. The second-order valence-corrected chi connectivity index (χ2v) is 15.5. The molecule has 0 saturated heterocycles. The molecule has 0 aliphatic rings. The highest BCUT2D eigenvalue weighted by Crippen LogP contribution is 2.39. The summed E-state index contributed by atoms with van der Waals surface area (Å²) in [7, 11) is -1.27. The highest BCUT2D eigenvalue weighted by atomic mass is 35.5. The molecule has 3 heterocycles. The number of rotatable bonds is 8. The van der Waals surface area contributed by atoms with Crippen molar-refractivity contribution in [3.05, 3.63) is 58.3 Å². The van der Waals surface area contributed by atoms with Gasteiger partial charge in [0, 0.05) is 42.4 Å². The molecule has 0 radical (unpaired) electrons. The summed E-state index contributed by atoms with van der Waals surface area (Å²) in [5, 5.41) is 8.74. The molecule has 1 amide bonds. The van der Waals surface area contributed by atoms with E-state index in [-0.39, 0.29) is 6.73 Å². The van der Waals surface area contributed by atoms with E-state index >= 15 is 0 Å². The molecule has 3 N–H and O–H groups in total.